The number of nitro groups is 1. The largest absolute Gasteiger partial charge is 0.493 e. The summed E-state index contributed by atoms with van der Waals surface area (Å²) in [5.41, 5.74) is -1.56. The number of hydrogen-bond acceptors (Lipinski definition) is 7. The molecule has 0 radical (unpaired) electrons. The van der Waals surface area contributed by atoms with Gasteiger partial charge in [0.15, 0.2) is 11.5 Å². The lowest BCUT2D eigenvalue weighted by molar-refractivity contribution is -0.385. The van der Waals surface area contributed by atoms with Gasteiger partial charge in [0.25, 0.3) is 11.1 Å². The molecule has 0 saturated carbocycles. The molecule has 1 aliphatic rings. The molecule has 1 heterocycles. The molecule has 0 bridgehead atoms. The third kappa shape index (κ3) is 4.69. The molecule has 0 aliphatic carbocycles. The fourth-order valence-electron chi connectivity index (χ4n) is 2.82. The molecule has 2 aromatic carbocycles. The van der Waals surface area contributed by atoms with Crippen LogP contribution in [0.15, 0.2) is 41.3 Å². The van der Waals surface area contributed by atoms with Gasteiger partial charge in [-0.2, -0.15) is 13.2 Å². The first-order valence-corrected chi connectivity index (χ1v) is 9.83. The Labute approximate surface area is 183 Å². The van der Waals surface area contributed by atoms with Gasteiger partial charge in [-0.15, -0.1) is 0 Å². The van der Waals surface area contributed by atoms with Crippen molar-refractivity contribution < 1.29 is 37.2 Å². The first kappa shape index (κ1) is 23.1. The van der Waals surface area contributed by atoms with Gasteiger partial charge in [0.2, 0.25) is 5.75 Å². The molecule has 3 rings (SSSR count). The fourth-order valence-corrected chi connectivity index (χ4v) is 3.73. The third-order valence-corrected chi connectivity index (χ3v) is 5.29. The van der Waals surface area contributed by atoms with E-state index in [1.165, 1.54) is 31.4 Å². The number of amides is 2. The highest BCUT2D eigenvalue weighted by Crippen LogP contribution is 2.41. The summed E-state index contributed by atoms with van der Waals surface area (Å²) in [6.45, 7) is 1.92. The van der Waals surface area contributed by atoms with E-state index in [2.05, 4.69) is 0 Å². The standard InChI is InChI=1S/C20H15F3N2O6S/c1-3-24-18(26)17(32-19(24)27)9-11-4-6-15(16(8-11)30-2)31-14-7-5-12(20(21,22)23)10-13(14)25(28)29/h4-10H,3H2,1-2H3/b17-9+. The maximum absolute atomic E-state index is 12.9. The molecular weight excluding hydrogens is 453 g/mol. The fraction of sp³-hybridized carbons (Fsp3) is 0.200. The second-order valence-electron chi connectivity index (χ2n) is 6.38. The molecule has 0 aromatic heterocycles. The summed E-state index contributed by atoms with van der Waals surface area (Å²) in [7, 11) is 1.30. The quantitative estimate of drug-likeness (QED) is 0.315. The molecule has 168 valence electrons. The average molecular weight is 468 g/mol. The van der Waals surface area contributed by atoms with Crippen LogP contribution in [-0.2, 0) is 11.0 Å². The van der Waals surface area contributed by atoms with Crippen molar-refractivity contribution in [3.63, 3.8) is 0 Å². The molecule has 32 heavy (non-hydrogen) atoms. The van der Waals surface area contributed by atoms with Gasteiger partial charge in [0.1, 0.15) is 0 Å². The van der Waals surface area contributed by atoms with Gasteiger partial charge in [0, 0.05) is 12.6 Å². The van der Waals surface area contributed by atoms with Crippen molar-refractivity contribution in [1.29, 1.82) is 0 Å². The number of hydrogen-bond donors (Lipinski definition) is 0. The van der Waals surface area contributed by atoms with Crippen molar-refractivity contribution in [3.05, 3.63) is 62.5 Å². The number of imide groups is 1. The molecule has 2 aromatic rings. The summed E-state index contributed by atoms with van der Waals surface area (Å²) in [6, 6.07) is 6.27. The van der Waals surface area contributed by atoms with Crippen molar-refractivity contribution in [2.45, 2.75) is 13.1 Å². The third-order valence-electron chi connectivity index (χ3n) is 4.38. The number of halogens is 3. The monoisotopic (exact) mass is 468 g/mol. The summed E-state index contributed by atoms with van der Waals surface area (Å²) in [5, 5.41) is 10.9. The van der Waals surface area contributed by atoms with Gasteiger partial charge >= 0.3 is 11.9 Å². The van der Waals surface area contributed by atoms with Gasteiger partial charge in [-0.3, -0.25) is 24.6 Å². The Morgan fingerprint density at radius 2 is 1.81 bits per heavy atom. The van der Waals surface area contributed by atoms with Crippen LogP contribution in [0.4, 0.5) is 23.7 Å². The molecule has 0 unspecified atom stereocenters. The van der Waals surface area contributed by atoms with E-state index in [1.807, 2.05) is 0 Å². The van der Waals surface area contributed by atoms with Crippen LogP contribution in [0.25, 0.3) is 6.08 Å². The lowest BCUT2D eigenvalue weighted by Crippen LogP contribution is -2.27. The molecule has 0 N–H and O–H groups in total. The van der Waals surface area contributed by atoms with Crippen LogP contribution in [0.2, 0.25) is 0 Å². The predicted octanol–water partition coefficient (Wildman–Crippen LogP) is 5.47. The number of carbonyl (C=O) groups is 2. The highest BCUT2D eigenvalue weighted by atomic mass is 32.2. The van der Waals surface area contributed by atoms with Gasteiger partial charge in [-0.25, -0.2) is 0 Å². The lowest BCUT2D eigenvalue weighted by atomic mass is 10.1. The highest BCUT2D eigenvalue weighted by Gasteiger charge is 2.34. The van der Waals surface area contributed by atoms with Gasteiger partial charge in [0.05, 0.1) is 22.5 Å². The molecule has 1 saturated heterocycles. The second-order valence-corrected chi connectivity index (χ2v) is 7.37. The number of ether oxygens (including phenoxy) is 2. The summed E-state index contributed by atoms with van der Waals surface area (Å²) >= 11 is 0.790. The number of likely N-dealkylation sites (N-methyl/N-ethyl adjacent to an activating group) is 1. The molecule has 0 spiro atoms. The molecule has 8 nitrogen and oxygen atoms in total. The van der Waals surface area contributed by atoms with E-state index in [-0.39, 0.29) is 28.2 Å². The van der Waals surface area contributed by atoms with E-state index in [4.69, 9.17) is 9.47 Å². The minimum absolute atomic E-state index is 0.00849. The van der Waals surface area contributed by atoms with E-state index in [0.717, 1.165) is 22.7 Å². The average Bonchev–Trinajstić information content (AvgIpc) is 3.00. The number of nitrogens with zero attached hydrogens (tertiary/aromatic N) is 2. The molecule has 2 amide bonds. The molecule has 0 atom stereocenters. The number of alkyl halides is 3. The maximum atomic E-state index is 12.9. The summed E-state index contributed by atoms with van der Waals surface area (Å²) < 4.78 is 49.3. The van der Waals surface area contributed by atoms with Crippen LogP contribution in [0.5, 0.6) is 17.2 Å². The first-order valence-electron chi connectivity index (χ1n) is 9.02. The Morgan fingerprint density at radius 3 is 2.38 bits per heavy atom. The Balaban J connectivity index is 1.93. The predicted molar refractivity (Wildman–Crippen MR) is 110 cm³/mol. The van der Waals surface area contributed by atoms with E-state index in [0.29, 0.717) is 17.7 Å². The Kier molecular flexibility index (Phi) is 6.44. The number of benzene rings is 2. The summed E-state index contributed by atoms with van der Waals surface area (Å²) in [6.07, 6.45) is -3.27. The molecule has 1 aliphatic heterocycles. The van der Waals surface area contributed by atoms with Gasteiger partial charge < -0.3 is 9.47 Å². The number of methoxy groups -OCH3 is 1. The zero-order valence-electron chi connectivity index (χ0n) is 16.6. The normalized spacial score (nSPS) is 15.4. The van der Waals surface area contributed by atoms with Crippen molar-refractivity contribution in [2.75, 3.05) is 13.7 Å². The van der Waals surface area contributed by atoms with E-state index in [9.17, 15) is 32.9 Å². The number of carbonyl (C=O) groups excluding carboxylic acids is 2. The van der Waals surface area contributed by atoms with Crippen LogP contribution in [-0.4, -0.2) is 34.6 Å². The number of thioether (sulfide) groups is 1. The van der Waals surface area contributed by atoms with E-state index >= 15 is 0 Å². The van der Waals surface area contributed by atoms with Crippen molar-refractivity contribution in [3.8, 4) is 17.2 Å². The Hall–Kier alpha value is -3.54. The minimum atomic E-state index is -4.75. The van der Waals surface area contributed by atoms with Crippen molar-refractivity contribution in [1.82, 2.24) is 4.90 Å². The summed E-state index contributed by atoms with van der Waals surface area (Å²) in [4.78, 5) is 35.6. The Bertz CT molecular complexity index is 1130. The number of rotatable bonds is 6. The van der Waals surface area contributed by atoms with Gasteiger partial charge in [-0.1, -0.05) is 6.07 Å². The van der Waals surface area contributed by atoms with E-state index < -0.39 is 34.0 Å². The first-order chi connectivity index (χ1) is 15.0. The van der Waals surface area contributed by atoms with E-state index in [1.54, 1.807) is 6.92 Å². The lowest BCUT2D eigenvalue weighted by Gasteiger charge is -2.13. The van der Waals surface area contributed by atoms with Crippen LogP contribution in [0.1, 0.15) is 18.1 Å². The van der Waals surface area contributed by atoms with Gasteiger partial charge in [-0.05, 0) is 54.6 Å². The Morgan fingerprint density at radius 1 is 1.12 bits per heavy atom. The molecule has 12 heteroatoms. The van der Waals surface area contributed by atoms with Crippen molar-refractivity contribution in [2.24, 2.45) is 0 Å². The smallest absolute Gasteiger partial charge is 0.416 e. The topological polar surface area (TPSA) is 99.0 Å². The second kappa shape index (κ2) is 8.91. The van der Waals surface area contributed by atoms with Crippen LogP contribution < -0.4 is 9.47 Å². The minimum Gasteiger partial charge on any atom is -0.493 e. The molecular formula is C20H15F3N2O6S. The summed E-state index contributed by atoms with van der Waals surface area (Å²) in [5.74, 6) is -0.711. The van der Waals surface area contributed by atoms with Crippen LogP contribution >= 0.6 is 11.8 Å². The highest BCUT2D eigenvalue weighted by molar-refractivity contribution is 8.18. The number of nitro benzene ring substituents is 1. The zero-order chi connectivity index (χ0) is 23.6. The zero-order valence-corrected chi connectivity index (χ0v) is 17.5. The SMILES string of the molecule is CCN1C(=O)S/C(=C/c2ccc(Oc3ccc(C(F)(F)F)cc3[N+](=O)[O-])c(OC)c2)C1=O. The molecule has 1 fully saturated rings. The van der Waals surface area contributed by atoms with Crippen molar-refractivity contribution >= 4 is 34.7 Å². The van der Waals surface area contributed by atoms with Crippen LogP contribution in [0.3, 0.4) is 0 Å². The maximum Gasteiger partial charge on any atom is 0.416 e. The van der Waals surface area contributed by atoms with Crippen LogP contribution in [0, 0.1) is 10.1 Å².